The van der Waals surface area contributed by atoms with E-state index in [1.807, 2.05) is 13.8 Å². The van der Waals surface area contributed by atoms with Gasteiger partial charge in [-0.2, -0.15) is 0 Å². The number of hydrogen-bond donors (Lipinski definition) is 3. The van der Waals surface area contributed by atoms with Crippen LogP contribution in [0.25, 0.3) is 0 Å². The van der Waals surface area contributed by atoms with Gasteiger partial charge in [0.15, 0.2) is 0 Å². The molecule has 0 aliphatic rings. The summed E-state index contributed by atoms with van der Waals surface area (Å²) in [6.45, 7) is 5.92. The van der Waals surface area contributed by atoms with Crippen molar-refractivity contribution in [3.8, 4) is 0 Å². The fraction of sp³-hybridized carbons (Fsp3) is 0.800. The molecule has 0 spiro atoms. The second kappa shape index (κ2) is 9.11. The minimum absolute atomic E-state index is 0.0244. The van der Waals surface area contributed by atoms with Gasteiger partial charge in [-0.1, -0.05) is 13.8 Å². The highest BCUT2D eigenvalue weighted by Crippen LogP contribution is 1.91. The van der Waals surface area contributed by atoms with E-state index in [-0.39, 0.29) is 18.4 Å². The Morgan fingerprint density at radius 1 is 1.44 bits per heavy atom. The van der Waals surface area contributed by atoms with Crippen molar-refractivity contribution in [3.63, 3.8) is 0 Å². The van der Waals surface area contributed by atoms with E-state index in [9.17, 15) is 9.59 Å². The number of nitrogens with two attached hydrogens (primary N) is 1. The Morgan fingerprint density at radius 3 is 2.69 bits per heavy atom. The highest BCUT2D eigenvalue weighted by Gasteiger charge is 2.10. The number of carbonyl (C=O) groups excluding carboxylic acids is 2. The lowest BCUT2D eigenvalue weighted by molar-refractivity contribution is -0.124. The molecule has 6 heteroatoms. The van der Waals surface area contributed by atoms with Crippen LogP contribution in [-0.2, 0) is 14.3 Å². The zero-order chi connectivity index (χ0) is 12.4. The molecule has 4 N–H and O–H groups in total. The zero-order valence-corrected chi connectivity index (χ0v) is 9.91. The van der Waals surface area contributed by atoms with Crippen LogP contribution < -0.4 is 16.4 Å². The van der Waals surface area contributed by atoms with Crippen molar-refractivity contribution in [1.82, 2.24) is 10.6 Å². The van der Waals surface area contributed by atoms with E-state index in [2.05, 4.69) is 10.6 Å². The number of amides is 2. The monoisotopic (exact) mass is 231 g/mol. The van der Waals surface area contributed by atoms with E-state index in [0.29, 0.717) is 19.7 Å². The summed E-state index contributed by atoms with van der Waals surface area (Å²) in [5, 5.41) is 5.80. The lowest BCUT2D eigenvalue weighted by Gasteiger charge is -2.12. The topological polar surface area (TPSA) is 93.4 Å². The highest BCUT2D eigenvalue weighted by atomic mass is 16.5. The van der Waals surface area contributed by atoms with Crippen LogP contribution in [0.15, 0.2) is 0 Å². The van der Waals surface area contributed by atoms with E-state index < -0.39 is 5.91 Å². The van der Waals surface area contributed by atoms with Crippen molar-refractivity contribution in [1.29, 1.82) is 0 Å². The zero-order valence-electron chi connectivity index (χ0n) is 9.91. The Labute approximate surface area is 95.9 Å². The van der Waals surface area contributed by atoms with Crippen molar-refractivity contribution >= 4 is 11.8 Å². The largest absolute Gasteiger partial charge is 0.370 e. The summed E-state index contributed by atoms with van der Waals surface area (Å²) in [7, 11) is 0. The van der Waals surface area contributed by atoms with E-state index in [0.717, 1.165) is 6.54 Å². The molecule has 0 aromatic heterocycles. The molecule has 0 bridgehead atoms. The Morgan fingerprint density at radius 2 is 2.12 bits per heavy atom. The molecule has 2 amide bonds. The quantitative estimate of drug-likeness (QED) is 0.437. The lowest BCUT2D eigenvalue weighted by atomic mass is 10.1. The van der Waals surface area contributed by atoms with Gasteiger partial charge < -0.3 is 21.1 Å². The molecule has 0 heterocycles. The third-order valence-electron chi connectivity index (χ3n) is 1.94. The normalized spacial score (nSPS) is 12.1. The predicted octanol–water partition coefficient (Wildman–Crippen LogP) is -1.15. The first-order valence-corrected chi connectivity index (χ1v) is 5.42. The summed E-state index contributed by atoms with van der Waals surface area (Å²) in [4.78, 5) is 21.8. The molecule has 0 saturated heterocycles. The van der Waals surface area contributed by atoms with Crippen LogP contribution in [0.4, 0.5) is 0 Å². The Balaban J connectivity index is 3.45. The van der Waals surface area contributed by atoms with Crippen molar-refractivity contribution in [2.24, 2.45) is 11.7 Å². The molecule has 0 aromatic carbocycles. The minimum atomic E-state index is -0.508. The van der Waals surface area contributed by atoms with Crippen molar-refractivity contribution in [2.75, 3.05) is 32.8 Å². The molecule has 0 aliphatic heterocycles. The van der Waals surface area contributed by atoms with Crippen molar-refractivity contribution in [3.05, 3.63) is 0 Å². The maximum Gasteiger partial charge on any atom is 0.243 e. The fourth-order valence-electron chi connectivity index (χ4n) is 1.05. The molecule has 0 aliphatic carbocycles. The number of ether oxygens (including phenoxy) is 1. The van der Waals surface area contributed by atoms with Gasteiger partial charge in [0.1, 0.15) is 6.61 Å². The van der Waals surface area contributed by atoms with E-state index >= 15 is 0 Å². The maximum absolute atomic E-state index is 11.4. The van der Waals surface area contributed by atoms with Gasteiger partial charge in [0.2, 0.25) is 11.8 Å². The molecule has 0 fully saturated rings. The van der Waals surface area contributed by atoms with Gasteiger partial charge in [-0.3, -0.25) is 9.59 Å². The van der Waals surface area contributed by atoms with Gasteiger partial charge in [-0.15, -0.1) is 0 Å². The average molecular weight is 231 g/mol. The smallest absolute Gasteiger partial charge is 0.243 e. The van der Waals surface area contributed by atoms with E-state index in [1.165, 1.54) is 0 Å². The molecule has 1 unspecified atom stereocenters. The van der Waals surface area contributed by atoms with Crippen LogP contribution in [0.1, 0.15) is 13.8 Å². The molecule has 0 aromatic rings. The molecular weight excluding hydrogens is 210 g/mol. The Bertz CT molecular complexity index is 221. The summed E-state index contributed by atoms with van der Waals surface area (Å²) in [6, 6.07) is 0. The molecule has 0 radical (unpaired) electrons. The summed E-state index contributed by atoms with van der Waals surface area (Å²) >= 11 is 0. The predicted molar refractivity (Wildman–Crippen MR) is 60.7 cm³/mol. The molecule has 0 rings (SSSR count). The number of rotatable bonds is 9. The average Bonchev–Trinajstić information content (AvgIpc) is 2.24. The second-order valence-electron chi connectivity index (χ2n) is 3.52. The van der Waals surface area contributed by atoms with E-state index in [1.54, 1.807) is 0 Å². The fourth-order valence-corrected chi connectivity index (χ4v) is 1.05. The second-order valence-corrected chi connectivity index (χ2v) is 3.52. The number of nitrogens with one attached hydrogen (secondary N) is 2. The molecule has 6 nitrogen and oxygen atoms in total. The molecule has 16 heavy (non-hydrogen) atoms. The summed E-state index contributed by atoms with van der Waals surface area (Å²) < 4.78 is 4.90. The number of hydrogen-bond acceptors (Lipinski definition) is 4. The minimum Gasteiger partial charge on any atom is -0.370 e. The molecule has 1 atom stereocenters. The van der Waals surface area contributed by atoms with Gasteiger partial charge in [-0.05, 0) is 6.54 Å². The van der Waals surface area contributed by atoms with Crippen LogP contribution in [0.5, 0.6) is 0 Å². The van der Waals surface area contributed by atoms with Crippen LogP contribution in [-0.4, -0.2) is 44.7 Å². The van der Waals surface area contributed by atoms with Gasteiger partial charge >= 0.3 is 0 Å². The van der Waals surface area contributed by atoms with E-state index in [4.69, 9.17) is 10.5 Å². The van der Waals surface area contributed by atoms with Crippen LogP contribution in [0.3, 0.4) is 0 Å². The first-order chi connectivity index (χ1) is 7.57. The van der Waals surface area contributed by atoms with Crippen molar-refractivity contribution < 1.29 is 14.3 Å². The maximum atomic E-state index is 11.4. The van der Waals surface area contributed by atoms with Gasteiger partial charge in [0, 0.05) is 19.0 Å². The lowest BCUT2D eigenvalue weighted by Crippen LogP contribution is -2.37. The van der Waals surface area contributed by atoms with Crippen LogP contribution >= 0.6 is 0 Å². The number of carbonyl (C=O) groups is 2. The third kappa shape index (κ3) is 8.19. The highest BCUT2D eigenvalue weighted by molar-refractivity contribution is 5.78. The van der Waals surface area contributed by atoms with Crippen LogP contribution in [0, 0.1) is 5.92 Å². The first-order valence-electron chi connectivity index (χ1n) is 5.42. The SMILES string of the molecule is CCNCC(C)C(=O)NCCOCC(N)=O. The summed E-state index contributed by atoms with van der Waals surface area (Å²) in [5.74, 6) is -0.605. The molecular formula is C10H21N3O3. The standard InChI is InChI=1S/C10H21N3O3/c1-3-12-6-8(2)10(15)13-4-5-16-7-9(11)14/h8,12H,3-7H2,1-2H3,(H2,11,14)(H,13,15). The Hall–Kier alpha value is -1.14. The van der Waals surface area contributed by atoms with Gasteiger partial charge in [0.25, 0.3) is 0 Å². The first kappa shape index (κ1) is 14.9. The summed E-state index contributed by atoms with van der Waals surface area (Å²) in [6.07, 6.45) is 0. The molecule has 0 saturated carbocycles. The molecule has 94 valence electrons. The van der Waals surface area contributed by atoms with Crippen molar-refractivity contribution in [2.45, 2.75) is 13.8 Å². The third-order valence-corrected chi connectivity index (χ3v) is 1.94. The Kier molecular flexibility index (Phi) is 8.46. The van der Waals surface area contributed by atoms with Crippen LogP contribution in [0.2, 0.25) is 0 Å². The van der Waals surface area contributed by atoms with Gasteiger partial charge in [0.05, 0.1) is 6.61 Å². The number of primary amides is 1. The summed E-state index contributed by atoms with van der Waals surface area (Å²) in [5.41, 5.74) is 4.88. The van der Waals surface area contributed by atoms with Gasteiger partial charge in [-0.25, -0.2) is 0 Å².